The van der Waals surface area contributed by atoms with Crippen LogP contribution in [-0.2, 0) is 16.1 Å². The molecule has 20 heavy (non-hydrogen) atoms. The fourth-order valence-electron chi connectivity index (χ4n) is 2.35. The van der Waals surface area contributed by atoms with E-state index in [-0.39, 0.29) is 17.2 Å². The summed E-state index contributed by atoms with van der Waals surface area (Å²) in [7, 11) is 0. The van der Waals surface area contributed by atoms with E-state index < -0.39 is 12.1 Å². The molecule has 2 unspecified atom stereocenters. The van der Waals surface area contributed by atoms with Crippen molar-refractivity contribution in [2.75, 3.05) is 0 Å². The molecule has 2 heterocycles. The molecule has 2 rings (SSSR count). The second kappa shape index (κ2) is 5.20. The van der Waals surface area contributed by atoms with Crippen LogP contribution in [0.15, 0.2) is 11.4 Å². The van der Waals surface area contributed by atoms with E-state index in [1.165, 1.54) is 5.56 Å². The van der Waals surface area contributed by atoms with Crippen LogP contribution in [0, 0.1) is 12.3 Å². The Morgan fingerprint density at radius 1 is 1.35 bits per heavy atom. The van der Waals surface area contributed by atoms with Gasteiger partial charge in [-0.2, -0.15) is 0 Å². The number of carbonyl (C=O) groups is 2. The number of hydrogen-bond acceptors (Lipinski definition) is 3. The first kappa shape index (κ1) is 15.0. The zero-order valence-corrected chi connectivity index (χ0v) is 13.5. The number of thiophene rings is 1. The van der Waals surface area contributed by atoms with E-state index >= 15 is 0 Å². The first-order valence-electron chi connectivity index (χ1n) is 6.85. The molecule has 1 aliphatic heterocycles. The lowest BCUT2D eigenvalue weighted by molar-refractivity contribution is -0.152. The molecule has 0 aromatic carbocycles. The highest BCUT2D eigenvalue weighted by Crippen LogP contribution is 2.27. The maximum absolute atomic E-state index is 12.7. The minimum Gasteiger partial charge on any atom is -0.342 e. The number of piperazine rings is 1. The molecule has 1 aromatic rings. The third-order valence-corrected chi connectivity index (χ3v) is 4.82. The van der Waals surface area contributed by atoms with Gasteiger partial charge >= 0.3 is 0 Å². The Bertz CT molecular complexity index is 530. The molecule has 5 heteroatoms. The molecule has 0 bridgehead atoms. The maximum Gasteiger partial charge on any atom is 0.246 e. The largest absolute Gasteiger partial charge is 0.342 e. The highest BCUT2D eigenvalue weighted by Gasteiger charge is 2.43. The van der Waals surface area contributed by atoms with Crippen LogP contribution in [0.2, 0.25) is 0 Å². The molecule has 0 spiro atoms. The molecule has 1 saturated heterocycles. The Morgan fingerprint density at radius 2 is 2.00 bits per heavy atom. The molecule has 1 fully saturated rings. The van der Waals surface area contributed by atoms with E-state index in [1.807, 2.05) is 39.1 Å². The fraction of sp³-hybridized carbons (Fsp3) is 0.600. The van der Waals surface area contributed by atoms with Crippen molar-refractivity contribution >= 4 is 23.2 Å². The summed E-state index contributed by atoms with van der Waals surface area (Å²) in [6.07, 6.45) is 0. The SMILES string of the molecule is Cc1ccsc1CN1C(=O)C(C(C)(C)C)NC(=O)C1C. The monoisotopic (exact) mass is 294 g/mol. The van der Waals surface area contributed by atoms with E-state index in [2.05, 4.69) is 5.32 Å². The van der Waals surface area contributed by atoms with E-state index in [4.69, 9.17) is 0 Å². The molecule has 4 nitrogen and oxygen atoms in total. The zero-order valence-electron chi connectivity index (χ0n) is 12.7. The first-order valence-corrected chi connectivity index (χ1v) is 7.73. The molecule has 0 aliphatic carbocycles. The number of rotatable bonds is 2. The van der Waals surface area contributed by atoms with Gasteiger partial charge in [0, 0.05) is 4.88 Å². The molecule has 1 N–H and O–H groups in total. The Morgan fingerprint density at radius 3 is 2.50 bits per heavy atom. The first-order chi connectivity index (χ1) is 9.21. The van der Waals surface area contributed by atoms with Gasteiger partial charge in [0.05, 0.1) is 6.54 Å². The third-order valence-electron chi connectivity index (χ3n) is 3.81. The average Bonchev–Trinajstić information content (AvgIpc) is 2.73. The molecule has 1 aliphatic rings. The van der Waals surface area contributed by atoms with Crippen LogP contribution >= 0.6 is 11.3 Å². The molecular formula is C15H22N2O2S. The summed E-state index contributed by atoms with van der Waals surface area (Å²) in [6.45, 7) is 10.3. The maximum atomic E-state index is 12.7. The van der Waals surface area contributed by atoms with Crippen molar-refractivity contribution < 1.29 is 9.59 Å². The summed E-state index contributed by atoms with van der Waals surface area (Å²) in [4.78, 5) is 27.6. The van der Waals surface area contributed by atoms with Crippen LogP contribution in [0.1, 0.15) is 38.1 Å². The Labute approximate surface area is 124 Å². The quantitative estimate of drug-likeness (QED) is 0.910. The minimum absolute atomic E-state index is 0.0115. The topological polar surface area (TPSA) is 49.4 Å². The second-order valence-electron chi connectivity index (χ2n) is 6.48. The Hall–Kier alpha value is -1.36. The molecule has 2 amide bonds. The van der Waals surface area contributed by atoms with Crippen LogP contribution in [0.3, 0.4) is 0 Å². The number of nitrogens with zero attached hydrogens (tertiary/aromatic N) is 1. The van der Waals surface area contributed by atoms with Crippen LogP contribution in [0.5, 0.6) is 0 Å². The van der Waals surface area contributed by atoms with Gasteiger partial charge in [0.25, 0.3) is 0 Å². The van der Waals surface area contributed by atoms with Gasteiger partial charge in [-0.3, -0.25) is 9.59 Å². The number of hydrogen-bond donors (Lipinski definition) is 1. The predicted molar refractivity (Wildman–Crippen MR) is 80.5 cm³/mol. The highest BCUT2D eigenvalue weighted by molar-refractivity contribution is 7.10. The van der Waals surface area contributed by atoms with Gasteiger partial charge < -0.3 is 10.2 Å². The van der Waals surface area contributed by atoms with Crippen molar-refractivity contribution in [1.82, 2.24) is 10.2 Å². The lowest BCUT2D eigenvalue weighted by Crippen LogP contribution is -2.65. The van der Waals surface area contributed by atoms with Crippen molar-refractivity contribution in [2.45, 2.75) is 53.2 Å². The molecule has 1 aromatic heterocycles. The smallest absolute Gasteiger partial charge is 0.246 e. The normalized spacial score (nSPS) is 23.9. The highest BCUT2D eigenvalue weighted by atomic mass is 32.1. The van der Waals surface area contributed by atoms with Crippen LogP contribution in [0.4, 0.5) is 0 Å². The van der Waals surface area contributed by atoms with E-state index in [0.29, 0.717) is 6.54 Å². The Kier molecular flexibility index (Phi) is 3.91. The zero-order chi connectivity index (χ0) is 15.1. The summed E-state index contributed by atoms with van der Waals surface area (Å²) in [6, 6.07) is 1.18. The van der Waals surface area contributed by atoms with Crippen LogP contribution in [0.25, 0.3) is 0 Å². The van der Waals surface area contributed by atoms with Crippen molar-refractivity contribution in [1.29, 1.82) is 0 Å². The standard InChI is InChI=1S/C15H22N2O2S/c1-9-6-7-20-11(9)8-17-10(2)13(18)16-12(14(17)19)15(3,4)5/h6-7,10,12H,8H2,1-5H3,(H,16,18). The van der Waals surface area contributed by atoms with E-state index in [9.17, 15) is 9.59 Å². The summed E-state index contributed by atoms with van der Waals surface area (Å²) in [5.41, 5.74) is 0.892. The molecular weight excluding hydrogens is 272 g/mol. The summed E-state index contributed by atoms with van der Waals surface area (Å²) >= 11 is 1.63. The third kappa shape index (κ3) is 2.73. The number of carbonyl (C=O) groups excluding carboxylic acids is 2. The van der Waals surface area contributed by atoms with Gasteiger partial charge in [-0.25, -0.2) is 0 Å². The van der Waals surface area contributed by atoms with Gasteiger partial charge in [-0.1, -0.05) is 20.8 Å². The lowest BCUT2D eigenvalue weighted by Gasteiger charge is -2.42. The summed E-state index contributed by atoms with van der Waals surface area (Å²) in [5.74, 6) is -0.0591. The van der Waals surface area contributed by atoms with Gasteiger partial charge in [0.1, 0.15) is 12.1 Å². The van der Waals surface area contributed by atoms with E-state index in [0.717, 1.165) is 4.88 Å². The summed E-state index contributed by atoms with van der Waals surface area (Å²) < 4.78 is 0. The van der Waals surface area contributed by atoms with Crippen LogP contribution in [-0.4, -0.2) is 28.8 Å². The summed E-state index contributed by atoms with van der Waals surface area (Å²) in [5, 5.41) is 4.87. The van der Waals surface area contributed by atoms with Crippen molar-refractivity contribution in [2.24, 2.45) is 5.41 Å². The minimum atomic E-state index is -0.452. The second-order valence-corrected chi connectivity index (χ2v) is 7.48. The molecule has 2 atom stereocenters. The number of nitrogens with one attached hydrogen (secondary N) is 1. The lowest BCUT2D eigenvalue weighted by atomic mass is 9.84. The molecule has 0 saturated carbocycles. The predicted octanol–water partition coefficient (Wildman–Crippen LogP) is 2.32. The van der Waals surface area contributed by atoms with Crippen LogP contribution < -0.4 is 5.32 Å². The van der Waals surface area contributed by atoms with Gasteiger partial charge in [0.15, 0.2) is 0 Å². The van der Waals surface area contributed by atoms with Crippen molar-refractivity contribution in [3.8, 4) is 0 Å². The van der Waals surface area contributed by atoms with E-state index in [1.54, 1.807) is 23.2 Å². The average molecular weight is 294 g/mol. The number of amides is 2. The van der Waals surface area contributed by atoms with Gasteiger partial charge in [-0.15, -0.1) is 11.3 Å². The Balaban J connectivity index is 2.27. The number of aryl methyl sites for hydroxylation is 1. The van der Waals surface area contributed by atoms with Crippen molar-refractivity contribution in [3.05, 3.63) is 21.9 Å². The fourth-order valence-corrected chi connectivity index (χ4v) is 3.25. The van der Waals surface area contributed by atoms with Crippen molar-refractivity contribution in [3.63, 3.8) is 0 Å². The molecule has 0 radical (unpaired) electrons. The molecule has 110 valence electrons. The van der Waals surface area contributed by atoms with Gasteiger partial charge in [0.2, 0.25) is 11.8 Å². The van der Waals surface area contributed by atoms with Gasteiger partial charge in [-0.05, 0) is 36.3 Å².